The van der Waals surface area contributed by atoms with Crippen LogP contribution in [0.25, 0.3) is 5.69 Å². The Bertz CT molecular complexity index is 1020. The van der Waals surface area contributed by atoms with Crippen molar-refractivity contribution in [3.63, 3.8) is 0 Å². The van der Waals surface area contributed by atoms with Gasteiger partial charge in [0, 0.05) is 25.9 Å². The molecule has 0 aliphatic heterocycles. The van der Waals surface area contributed by atoms with Gasteiger partial charge < -0.3 is 14.8 Å². The van der Waals surface area contributed by atoms with Crippen molar-refractivity contribution in [3.8, 4) is 11.6 Å². The van der Waals surface area contributed by atoms with Gasteiger partial charge in [0.25, 0.3) is 5.91 Å². The lowest BCUT2D eigenvalue weighted by Crippen LogP contribution is -2.27. The highest BCUT2D eigenvalue weighted by molar-refractivity contribution is 5.93. The number of carbonyl (C=O) groups is 1. The third-order valence-corrected chi connectivity index (χ3v) is 4.01. The molecule has 31 heavy (non-hydrogen) atoms. The minimum absolute atomic E-state index is 0.0893. The van der Waals surface area contributed by atoms with Crippen LogP contribution in [0.4, 0.5) is 17.6 Å². The van der Waals surface area contributed by atoms with E-state index in [1.165, 1.54) is 13.3 Å². The number of carbonyl (C=O) groups excluding carboxylic acids is 1. The third kappa shape index (κ3) is 5.54. The zero-order valence-corrected chi connectivity index (χ0v) is 16.2. The molecule has 8 nitrogen and oxygen atoms in total. The van der Waals surface area contributed by atoms with Crippen LogP contribution in [0.15, 0.2) is 42.6 Å². The smallest absolute Gasteiger partial charge is 0.435 e. The fraction of sp³-hybridized carbons (Fsp3) is 0.263. The molecule has 2 heterocycles. The molecule has 1 amide bonds. The highest BCUT2D eigenvalue weighted by Crippen LogP contribution is 2.32. The first-order chi connectivity index (χ1) is 14.8. The molecule has 12 heteroatoms. The third-order valence-electron chi connectivity index (χ3n) is 4.01. The van der Waals surface area contributed by atoms with Gasteiger partial charge in [0.05, 0.1) is 12.3 Å². The van der Waals surface area contributed by atoms with Crippen LogP contribution in [-0.4, -0.2) is 46.2 Å². The first kappa shape index (κ1) is 22.2. The molecule has 3 rings (SSSR count). The molecule has 3 aromatic rings. The zero-order valence-electron chi connectivity index (χ0n) is 16.2. The van der Waals surface area contributed by atoms with Gasteiger partial charge in [-0.15, -0.1) is 5.10 Å². The van der Waals surface area contributed by atoms with Crippen LogP contribution >= 0.6 is 0 Å². The Kier molecular flexibility index (Phi) is 6.80. The Morgan fingerprint density at radius 2 is 1.87 bits per heavy atom. The maximum atomic E-state index is 13.6. The van der Waals surface area contributed by atoms with Gasteiger partial charge in [-0.3, -0.25) is 4.79 Å². The number of ether oxygens (including phenoxy) is 2. The molecule has 0 aliphatic rings. The van der Waals surface area contributed by atoms with Gasteiger partial charge in [0.15, 0.2) is 11.4 Å². The standard InChI is InChI=1S/C19H17F4N5O3/c1-30-8-9-31-15-7-2-12(10-24-15)11-25-18(29)16-17(19(21,22)23)28(27-26-16)14-5-3-13(20)4-6-14/h2-7,10H,8-9,11H2,1H3,(H,25,29). The van der Waals surface area contributed by atoms with Gasteiger partial charge in [0.2, 0.25) is 5.88 Å². The van der Waals surface area contributed by atoms with E-state index in [1.54, 1.807) is 12.1 Å². The molecule has 0 saturated heterocycles. The quantitative estimate of drug-likeness (QED) is 0.429. The Morgan fingerprint density at radius 3 is 2.48 bits per heavy atom. The molecule has 0 spiro atoms. The molecule has 0 fully saturated rings. The largest absolute Gasteiger partial charge is 0.475 e. The highest BCUT2D eigenvalue weighted by atomic mass is 19.4. The van der Waals surface area contributed by atoms with Gasteiger partial charge in [-0.2, -0.15) is 13.2 Å². The van der Waals surface area contributed by atoms with Crippen molar-refractivity contribution in [1.82, 2.24) is 25.3 Å². The topological polar surface area (TPSA) is 91.2 Å². The second kappa shape index (κ2) is 9.51. The van der Waals surface area contributed by atoms with Gasteiger partial charge in [-0.1, -0.05) is 11.3 Å². The predicted octanol–water partition coefficient (Wildman–Crippen LogP) is 2.78. The number of pyridine rings is 1. The van der Waals surface area contributed by atoms with Gasteiger partial charge in [0.1, 0.15) is 12.4 Å². The van der Waals surface area contributed by atoms with Gasteiger partial charge >= 0.3 is 6.18 Å². The zero-order chi connectivity index (χ0) is 22.4. The first-order valence-electron chi connectivity index (χ1n) is 8.93. The summed E-state index contributed by atoms with van der Waals surface area (Å²) >= 11 is 0. The molecule has 164 valence electrons. The number of halogens is 4. The summed E-state index contributed by atoms with van der Waals surface area (Å²) in [5.41, 5.74) is -1.82. The molecule has 0 bridgehead atoms. The second-order valence-electron chi connectivity index (χ2n) is 6.20. The lowest BCUT2D eigenvalue weighted by atomic mass is 10.2. The van der Waals surface area contributed by atoms with Crippen LogP contribution in [0.1, 0.15) is 21.7 Å². The molecular formula is C19H17F4N5O3. The Morgan fingerprint density at radius 1 is 1.13 bits per heavy atom. The number of benzene rings is 1. The van der Waals surface area contributed by atoms with E-state index in [1.807, 2.05) is 0 Å². The van der Waals surface area contributed by atoms with Gasteiger partial charge in [-0.25, -0.2) is 14.1 Å². The number of amides is 1. The van der Waals surface area contributed by atoms with Crippen molar-refractivity contribution in [1.29, 1.82) is 0 Å². The monoisotopic (exact) mass is 439 g/mol. The van der Waals surface area contributed by atoms with E-state index in [0.717, 1.165) is 24.3 Å². The van der Waals surface area contributed by atoms with E-state index in [0.29, 0.717) is 29.3 Å². The van der Waals surface area contributed by atoms with Crippen molar-refractivity contribution in [2.45, 2.75) is 12.7 Å². The minimum atomic E-state index is -4.92. The van der Waals surface area contributed by atoms with E-state index in [2.05, 4.69) is 20.6 Å². The number of nitrogens with one attached hydrogen (secondary N) is 1. The molecule has 0 unspecified atom stereocenters. The van der Waals surface area contributed by atoms with Crippen LogP contribution < -0.4 is 10.1 Å². The molecular weight excluding hydrogens is 422 g/mol. The second-order valence-corrected chi connectivity index (χ2v) is 6.20. The molecule has 1 N–H and O–H groups in total. The summed E-state index contributed by atoms with van der Waals surface area (Å²) in [6, 6.07) is 7.32. The maximum Gasteiger partial charge on any atom is 0.435 e. The van der Waals surface area contributed by atoms with Crippen molar-refractivity contribution in [3.05, 3.63) is 65.4 Å². The molecule has 0 aliphatic carbocycles. The van der Waals surface area contributed by atoms with E-state index < -0.39 is 29.3 Å². The van der Waals surface area contributed by atoms with Crippen molar-refractivity contribution in [2.75, 3.05) is 20.3 Å². The minimum Gasteiger partial charge on any atom is -0.475 e. The van der Waals surface area contributed by atoms with E-state index in [9.17, 15) is 22.4 Å². The van der Waals surface area contributed by atoms with Gasteiger partial charge in [-0.05, 0) is 29.8 Å². The first-order valence-corrected chi connectivity index (χ1v) is 8.93. The summed E-state index contributed by atoms with van der Waals surface area (Å²) in [5.74, 6) is -1.35. The van der Waals surface area contributed by atoms with Crippen molar-refractivity contribution in [2.24, 2.45) is 0 Å². The number of methoxy groups -OCH3 is 1. The van der Waals surface area contributed by atoms with E-state index in [4.69, 9.17) is 9.47 Å². The number of hydrogen-bond donors (Lipinski definition) is 1. The lowest BCUT2D eigenvalue weighted by Gasteiger charge is -2.11. The number of hydrogen-bond acceptors (Lipinski definition) is 6. The Hall–Kier alpha value is -3.54. The fourth-order valence-electron chi connectivity index (χ4n) is 2.55. The highest BCUT2D eigenvalue weighted by Gasteiger charge is 2.42. The summed E-state index contributed by atoms with van der Waals surface area (Å²) in [6.07, 6.45) is -3.50. The lowest BCUT2D eigenvalue weighted by molar-refractivity contribution is -0.143. The van der Waals surface area contributed by atoms with Crippen LogP contribution in [0.3, 0.4) is 0 Å². The Labute approximate surface area is 173 Å². The normalized spacial score (nSPS) is 11.4. The SMILES string of the molecule is COCCOc1ccc(CNC(=O)c2nnn(-c3ccc(F)cc3)c2C(F)(F)F)cn1. The molecule has 0 radical (unpaired) electrons. The summed E-state index contributed by atoms with van der Waals surface area (Å²) < 4.78 is 64.5. The molecule has 2 aromatic heterocycles. The number of nitrogens with zero attached hydrogens (tertiary/aromatic N) is 4. The van der Waals surface area contributed by atoms with Crippen LogP contribution in [0.2, 0.25) is 0 Å². The van der Waals surface area contributed by atoms with E-state index in [-0.39, 0.29) is 12.2 Å². The van der Waals surface area contributed by atoms with Crippen molar-refractivity contribution < 1.29 is 31.8 Å². The van der Waals surface area contributed by atoms with Crippen LogP contribution in [0, 0.1) is 5.82 Å². The van der Waals surface area contributed by atoms with E-state index >= 15 is 0 Å². The number of aromatic nitrogens is 4. The average Bonchev–Trinajstić information content (AvgIpc) is 3.20. The molecule has 1 aromatic carbocycles. The summed E-state index contributed by atoms with van der Waals surface area (Å²) in [5, 5.41) is 9.18. The maximum absolute atomic E-state index is 13.6. The molecule has 0 saturated carbocycles. The van der Waals surface area contributed by atoms with Crippen LogP contribution in [0.5, 0.6) is 5.88 Å². The average molecular weight is 439 g/mol. The molecule has 0 atom stereocenters. The number of rotatable bonds is 8. The summed E-state index contributed by atoms with van der Waals surface area (Å²) in [6.45, 7) is 0.605. The summed E-state index contributed by atoms with van der Waals surface area (Å²) in [4.78, 5) is 16.4. The Balaban J connectivity index is 1.73. The van der Waals surface area contributed by atoms with Crippen molar-refractivity contribution >= 4 is 5.91 Å². The summed E-state index contributed by atoms with van der Waals surface area (Å²) in [7, 11) is 1.53. The predicted molar refractivity (Wildman–Crippen MR) is 99.1 cm³/mol. The fourth-order valence-corrected chi connectivity index (χ4v) is 2.55. The number of alkyl halides is 3. The van der Waals surface area contributed by atoms with Crippen LogP contribution in [-0.2, 0) is 17.5 Å².